The number of ether oxygens (including phenoxy) is 2. The van der Waals surface area contributed by atoms with Crippen LogP contribution in [0.3, 0.4) is 0 Å². The average Bonchev–Trinajstić information content (AvgIpc) is 2.92. The summed E-state index contributed by atoms with van der Waals surface area (Å²) in [4.78, 5) is 14.4. The zero-order valence-corrected chi connectivity index (χ0v) is 13.1. The van der Waals surface area contributed by atoms with Crippen molar-refractivity contribution < 1.29 is 14.3 Å². The quantitative estimate of drug-likeness (QED) is 0.840. The summed E-state index contributed by atoms with van der Waals surface area (Å²) in [5.41, 5.74) is 2.49. The lowest BCUT2D eigenvalue weighted by atomic mass is 9.69. The average molecular weight is 299 g/mol. The molecule has 1 aliphatic carbocycles. The van der Waals surface area contributed by atoms with Crippen molar-refractivity contribution in [2.45, 2.75) is 24.8 Å². The molecule has 0 amide bonds. The molecule has 0 unspecified atom stereocenters. The molecule has 2 atom stereocenters. The predicted octanol–water partition coefficient (Wildman–Crippen LogP) is 2.31. The summed E-state index contributed by atoms with van der Waals surface area (Å²) >= 11 is 0. The summed E-state index contributed by atoms with van der Waals surface area (Å²) in [6.07, 6.45) is 6.68. The molecular weight excluding hydrogens is 278 g/mol. The van der Waals surface area contributed by atoms with Crippen LogP contribution in [0.5, 0.6) is 11.5 Å². The monoisotopic (exact) mass is 299 g/mol. The summed E-state index contributed by atoms with van der Waals surface area (Å²) in [6, 6.07) is 4.23. The lowest BCUT2D eigenvalue weighted by molar-refractivity contribution is -0.116. The van der Waals surface area contributed by atoms with Gasteiger partial charge in [-0.2, -0.15) is 0 Å². The number of benzene rings is 1. The number of ketones is 1. The van der Waals surface area contributed by atoms with E-state index in [-0.39, 0.29) is 11.3 Å². The first-order valence-corrected chi connectivity index (χ1v) is 7.91. The van der Waals surface area contributed by atoms with Crippen molar-refractivity contribution in [3.05, 3.63) is 35.4 Å². The zero-order chi connectivity index (χ0) is 15.3. The molecule has 3 aliphatic rings. The highest BCUT2D eigenvalue weighted by molar-refractivity contribution is 5.91. The summed E-state index contributed by atoms with van der Waals surface area (Å²) in [5.74, 6) is 2.19. The largest absolute Gasteiger partial charge is 0.493 e. The number of nitrogens with zero attached hydrogens (tertiary/aromatic N) is 1. The van der Waals surface area contributed by atoms with Crippen LogP contribution < -0.4 is 9.47 Å². The molecule has 1 saturated heterocycles. The molecular formula is C18H21NO3. The minimum Gasteiger partial charge on any atom is -0.493 e. The molecule has 1 fully saturated rings. The molecule has 2 aliphatic heterocycles. The molecule has 0 saturated carbocycles. The van der Waals surface area contributed by atoms with Crippen LogP contribution in [0.1, 0.15) is 24.0 Å². The Morgan fingerprint density at radius 3 is 2.73 bits per heavy atom. The van der Waals surface area contributed by atoms with Crippen molar-refractivity contribution in [3.8, 4) is 11.5 Å². The molecule has 116 valence electrons. The standard InChI is InChI=1S/C18H21NO3/c1-21-16-9-12-4-7-19-8-5-13-10-14(20)3-6-18(13,19)15(12)11-17(16)22-2/h3,6,9,11,13H,4-5,7-8,10H2,1-2H3/t13-,18+/m1/s1. The van der Waals surface area contributed by atoms with Crippen LogP contribution in [0.25, 0.3) is 0 Å². The maximum absolute atomic E-state index is 11.9. The SMILES string of the molecule is COc1cc2c(cc1OC)[C@]13C=CC(=O)C[C@H]1CCN3CC2. The minimum absolute atomic E-state index is 0.124. The number of hydrogen-bond donors (Lipinski definition) is 0. The summed E-state index contributed by atoms with van der Waals surface area (Å²) in [6.45, 7) is 2.10. The van der Waals surface area contributed by atoms with Crippen LogP contribution in [0.4, 0.5) is 0 Å². The van der Waals surface area contributed by atoms with E-state index < -0.39 is 0 Å². The van der Waals surface area contributed by atoms with Gasteiger partial charge in [-0.05, 0) is 54.6 Å². The van der Waals surface area contributed by atoms with Crippen LogP contribution in [-0.4, -0.2) is 38.0 Å². The smallest absolute Gasteiger partial charge is 0.161 e. The molecule has 22 heavy (non-hydrogen) atoms. The number of carbonyl (C=O) groups is 1. The molecule has 1 spiro atoms. The van der Waals surface area contributed by atoms with E-state index in [9.17, 15) is 4.79 Å². The third kappa shape index (κ3) is 1.70. The van der Waals surface area contributed by atoms with E-state index in [0.29, 0.717) is 12.3 Å². The molecule has 2 heterocycles. The van der Waals surface area contributed by atoms with Crippen LogP contribution in [0.2, 0.25) is 0 Å². The Hall–Kier alpha value is -1.81. The van der Waals surface area contributed by atoms with E-state index >= 15 is 0 Å². The molecule has 1 aromatic rings. The molecule has 1 aromatic carbocycles. The topological polar surface area (TPSA) is 38.8 Å². The fourth-order valence-corrected chi connectivity index (χ4v) is 4.54. The van der Waals surface area contributed by atoms with Gasteiger partial charge in [0.25, 0.3) is 0 Å². The van der Waals surface area contributed by atoms with Crippen LogP contribution in [-0.2, 0) is 16.8 Å². The van der Waals surface area contributed by atoms with Gasteiger partial charge in [-0.25, -0.2) is 0 Å². The maximum atomic E-state index is 11.9. The summed E-state index contributed by atoms with van der Waals surface area (Å²) < 4.78 is 11.0. The van der Waals surface area contributed by atoms with Gasteiger partial charge in [0.05, 0.1) is 19.8 Å². The van der Waals surface area contributed by atoms with E-state index in [0.717, 1.165) is 37.4 Å². The molecule has 4 rings (SSSR count). The van der Waals surface area contributed by atoms with Gasteiger partial charge in [0.1, 0.15) is 0 Å². The van der Waals surface area contributed by atoms with E-state index in [1.54, 1.807) is 20.3 Å². The van der Waals surface area contributed by atoms with Gasteiger partial charge < -0.3 is 9.47 Å². The normalized spacial score (nSPS) is 29.7. The van der Waals surface area contributed by atoms with Gasteiger partial charge in [-0.1, -0.05) is 6.08 Å². The highest BCUT2D eigenvalue weighted by Crippen LogP contribution is 2.53. The second-order valence-electron chi connectivity index (χ2n) is 6.42. The van der Waals surface area contributed by atoms with Crippen molar-refractivity contribution in [1.82, 2.24) is 4.90 Å². The second-order valence-corrected chi connectivity index (χ2v) is 6.42. The molecule has 4 heteroatoms. The Kier molecular flexibility index (Phi) is 3.05. The van der Waals surface area contributed by atoms with Gasteiger partial charge in [0.2, 0.25) is 0 Å². The first kappa shape index (κ1) is 13.8. The Balaban J connectivity index is 1.93. The highest BCUT2D eigenvalue weighted by atomic mass is 16.5. The van der Waals surface area contributed by atoms with E-state index in [4.69, 9.17) is 9.47 Å². The fourth-order valence-electron chi connectivity index (χ4n) is 4.54. The molecule has 0 aromatic heterocycles. The third-order valence-corrected chi connectivity index (χ3v) is 5.56. The van der Waals surface area contributed by atoms with Crippen LogP contribution in [0.15, 0.2) is 24.3 Å². The maximum Gasteiger partial charge on any atom is 0.161 e. The molecule has 4 nitrogen and oxygen atoms in total. The Morgan fingerprint density at radius 1 is 1.18 bits per heavy atom. The Bertz CT molecular complexity index is 667. The van der Waals surface area contributed by atoms with Crippen LogP contribution >= 0.6 is 0 Å². The van der Waals surface area contributed by atoms with Crippen molar-refractivity contribution in [1.29, 1.82) is 0 Å². The lowest BCUT2D eigenvalue weighted by Gasteiger charge is -2.46. The second kappa shape index (κ2) is 4.85. The molecule has 0 N–H and O–H groups in total. The Morgan fingerprint density at radius 2 is 1.95 bits per heavy atom. The lowest BCUT2D eigenvalue weighted by Crippen LogP contribution is -2.49. The number of carbonyl (C=O) groups excluding carboxylic acids is 1. The number of rotatable bonds is 2. The van der Waals surface area contributed by atoms with Crippen molar-refractivity contribution in [3.63, 3.8) is 0 Å². The first-order valence-electron chi connectivity index (χ1n) is 7.91. The van der Waals surface area contributed by atoms with E-state index in [1.165, 1.54) is 11.1 Å². The van der Waals surface area contributed by atoms with Gasteiger partial charge >= 0.3 is 0 Å². The summed E-state index contributed by atoms with van der Waals surface area (Å²) in [5, 5.41) is 0. The van der Waals surface area contributed by atoms with E-state index in [2.05, 4.69) is 23.1 Å². The van der Waals surface area contributed by atoms with Crippen molar-refractivity contribution in [2.75, 3.05) is 27.3 Å². The number of hydrogen-bond acceptors (Lipinski definition) is 4. The van der Waals surface area contributed by atoms with Gasteiger partial charge in [0.15, 0.2) is 17.3 Å². The molecule has 0 bridgehead atoms. The third-order valence-electron chi connectivity index (χ3n) is 5.56. The van der Waals surface area contributed by atoms with Crippen molar-refractivity contribution in [2.24, 2.45) is 5.92 Å². The minimum atomic E-state index is -0.124. The summed E-state index contributed by atoms with van der Waals surface area (Å²) in [7, 11) is 3.35. The zero-order valence-electron chi connectivity index (χ0n) is 13.1. The highest BCUT2D eigenvalue weighted by Gasteiger charge is 2.52. The van der Waals surface area contributed by atoms with Crippen molar-refractivity contribution >= 4 is 5.78 Å². The van der Waals surface area contributed by atoms with Gasteiger partial charge in [0, 0.05) is 13.0 Å². The Labute approximate surface area is 130 Å². The number of fused-ring (bicyclic) bond motifs is 1. The number of methoxy groups -OCH3 is 2. The molecule has 0 radical (unpaired) electrons. The van der Waals surface area contributed by atoms with Crippen LogP contribution in [0, 0.1) is 5.92 Å². The fraction of sp³-hybridized carbons (Fsp3) is 0.500. The van der Waals surface area contributed by atoms with E-state index in [1.807, 2.05) is 0 Å². The number of allylic oxidation sites excluding steroid dienone is 1. The first-order chi connectivity index (χ1) is 10.7. The van der Waals surface area contributed by atoms with Gasteiger partial charge in [-0.15, -0.1) is 0 Å². The van der Waals surface area contributed by atoms with Gasteiger partial charge in [-0.3, -0.25) is 9.69 Å². The predicted molar refractivity (Wildman–Crippen MR) is 83.4 cm³/mol.